The van der Waals surface area contributed by atoms with Gasteiger partial charge in [-0.3, -0.25) is 14.4 Å². The second-order valence-corrected chi connectivity index (χ2v) is 8.61. The molecular weight excluding hydrogens is 512 g/mol. The first kappa shape index (κ1) is 26.6. The van der Waals surface area contributed by atoms with Gasteiger partial charge in [0.25, 0.3) is 0 Å². The number of rotatable bonds is 9. The molecule has 196 valence electrons. The van der Waals surface area contributed by atoms with Gasteiger partial charge >= 0.3 is 0 Å². The number of hydrogen-bond donors (Lipinski definition) is 1. The van der Waals surface area contributed by atoms with Crippen LogP contribution in [0.3, 0.4) is 0 Å². The zero-order valence-corrected chi connectivity index (χ0v) is 21.9. The Hall–Kier alpha value is -4.50. The molecule has 4 rings (SSSR count). The minimum atomic E-state index is -0.505. The molecule has 0 saturated heterocycles. The van der Waals surface area contributed by atoms with E-state index in [4.69, 9.17) is 30.5 Å². The fourth-order valence-electron chi connectivity index (χ4n) is 4.01. The van der Waals surface area contributed by atoms with E-state index in [-0.39, 0.29) is 23.1 Å². The number of ether oxygens (including phenoxy) is 4. The summed E-state index contributed by atoms with van der Waals surface area (Å²) >= 11 is 5.96. The van der Waals surface area contributed by atoms with Gasteiger partial charge in [0, 0.05) is 28.9 Å². The van der Waals surface area contributed by atoms with Gasteiger partial charge in [-0.2, -0.15) is 0 Å². The molecule has 0 fully saturated rings. The molecule has 0 unspecified atom stereocenters. The number of nitrogens with zero attached hydrogens (tertiary/aromatic N) is 1. The van der Waals surface area contributed by atoms with Crippen molar-refractivity contribution in [1.29, 1.82) is 0 Å². The zero-order chi connectivity index (χ0) is 27.4. The molecule has 10 heteroatoms. The number of carbonyl (C=O) groups is 2. The van der Waals surface area contributed by atoms with Crippen LogP contribution in [0.2, 0.25) is 5.02 Å². The second kappa shape index (κ2) is 11.3. The van der Waals surface area contributed by atoms with Gasteiger partial charge in [-0.1, -0.05) is 11.6 Å². The normalized spacial score (nSPS) is 10.7. The van der Waals surface area contributed by atoms with Crippen molar-refractivity contribution in [2.24, 2.45) is 0 Å². The van der Waals surface area contributed by atoms with Gasteiger partial charge < -0.3 is 28.8 Å². The van der Waals surface area contributed by atoms with E-state index < -0.39 is 17.1 Å². The number of anilines is 1. The van der Waals surface area contributed by atoms with Crippen molar-refractivity contribution in [1.82, 2.24) is 4.57 Å². The Morgan fingerprint density at radius 3 is 2.13 bits per heavy atom. The summed E-state index contributed by atoms with van der Waals surface area (Å²) in [7, 11) is 5.92. The minimum absolute atomic E-state index is 0.109. The third-order valence-corrected chi connectivity index (χ3v) is 6.19. The number of amides is 1. The number of aromatic nitrogens is 1. The van der Waals surface area contributed by atoms with Crippen LogP contribution in [0.1, 0.15) is 15.9 Å². The average molecular weight is 537 g/mol. The number of benzene rings is 3. The van der Waals surface area contributed by atoms with E-state index in [0.29, 0.717) is 39.2 Å². The van der Waals surface area contributed by atoms with Crippen molar-refractivity contribution >= 4 is 39.9 Å². The highest BCUT2D eigenvalue weighted by atomic mass is 35.5. The maximum atomic E-state index is 13.5. The Balaban J connectivity index is 1.81. The number of carbonyl (C=O) groups excluding carboxylic acids is 2. The van der Waals surface area contributed by atoms with Crippen LogP contribution in [0, 0.1) is 0 Å². The number of ketones is 1. The van der Waals surface area contributed by atoms with Crippen LogP contribution in [-0.2, 0) is 11.3 Å². The predicted molar refractivity (Wildman–Crippen MR) is 144 cm³/mol. The maximum Gasteiger partial charge on any atom is 0.244 e. The summed E-state index contributed by atoms with van der Waals surface area (Å²) in [6, 6.07) is 14.3. The lowest BCUT2D eigenvalue weighted by Gasteiger charge is -2.17. The molecule has 0 aliphatic carbocycles. The van der Waals surface area contributed by atoms with Crippen molar-refractivity contribution in [3.8, 4) is 23.0 Å². The number of methoxy groups -OCH3 is 4. The number of pyridine rings is 1. The first-order chi connectivity index (χ1) is 18.3. The van der Waals surface area contributed by atoms with Crippen LogP contribution in [0.15, 0.2) is 65.6 Å². The lowest BCUT2D eigenvalue weighted by atomic mass is 10.0. The summed E-state index contributed by atoms with van der Waals surface area (Å²) in [4.78, 5) is 39.9. The average Bonchev–Trinajstić information content (AvgIpc) is 2.94. The molecule has 0 atom stereocenters. The summed E-state index contributed by atoms with van der Waals surface area (Å²) < 4.78 is 22.9. The van der Waals surface area contributed by atoms with E-state index in [9.17, 15) is 14.4 Å². The molecule has 0 aliphatic heterocycles. The molecule has 38 heavy (non-hydrogen) atoms. The Morgan fingerprint density at radius 2 is 1.50 bits per heavy atom. The summed E-state index contributed by atoms with van der Waals surface area (Å²) in [6.07, 6.45) is 1.37. The monoisotopic (exact) mass is 536 g/mol. The molecular formula is C28H25ClN2O7. The van der Waals surface area contributed by atoms with Crippen molar-refractivity contribution < 1.29 is 28.5 Å². The van der Waals surface area contributed by atoms with Crippen LogP contribution in [0.5, 0.6) is 23.0 Å². The van der Waals surface area contributed by atoms with Crippen molar-refractivity contribution in [3.05, 3.63) is 87.2 Å². The highest BCUT2D eigenvalue weighted by Crippen LogP contribution is 2.32. The number of fused-ring (bicyclic) bond motifs is 1. The fourth-order valence-corrected chi connectivity index (χ4v) is 4.14. The van der Waals surface area contributed by atoms with Crippen molar-refractivity contribution in [3.63, 3.8) is 0 Å². The van der Waals surface area contributed by atoms with Gasteiger partial charge in [0.05, 0.1) is 50.6 Å². The van der Waals surface area contributed by atoms with E-state index in [2.05, 4.69) is 5.32 Å². The molecule has 0 aliphatic rings. The molecule has 3 aromatic carbocycles. The Kier molecular flexibility index (Phi) is 7.87. The van der Waals surface area contributed by atoms with Gasteiger partial charge in [-0.15, -0.1) is 0 Å². The summed E-state index contributed by atoms with van der Waals surface area (Å²) in [5, 5.41) is 3.45. The Labute approximate surface area is 223 Å². The topological polar surface area (TPSA) is 105 Å². The molecule has 0 spiro atoms. The third kappa shape index (κ3) is 5.28. The van der Waals surface area contributed by atoms with Gasteiger partial charge in [0.1, 0.15) is 18.0 Å². The molecule has 0 radical (unpaired) electrons. The van der Waals surface area contributed by atoms with E-state index in [1.165, 1.54) is 57.4 Å². The number of nitrogens with one attached hydrogen (secondary N) is 1. The molecule has 1 heterocycles. The first-order valence-electron chi connectivity index (χ1n) is 11.4. The lowest BCUT2D eigenvalue weighted by Crippen LogP contribution is -2.24. The minimum Gasteiger partial charge on any atom is -0.497 e. The summed E-state index contributed by atoms with van der Waals surface area (Å²) in [5.41, 5.74) is 0.485. The van der Waals surface area contributed by atoms with Crippen molar-refractivity contribution in [2.75, 3.05) is 33.8 Å². The van der Waals surface area contributed by atoms with Crippen LogP contribution in [0.4, 0.5) is 5.69 Å². The fraction of sp³-hybridized carbons (Fsp3) is 0.179. The van der Waals surface area contributed by atoms with E-state index in [1.807, 2.05) is 0 Å². The smallest absolute Gasteiger partial charge is 0.244 e. The van der Waals surface area contributed by atoms with Crippen LogP contribution in [0.25, 0.3) is 10.9 Å². The lowest BCUT2D eigenvalue weighted by molar-refractivity contribution is -0.116. The molecule has 1 N–H and O–H groups in total. The van der Waals surface area contributed by atoms with Crippen LogP contribution >= 0.6 is 11.6 Å². The Morgan fingerprint density at radius 1 is 0.842 bits per heavy atom. The Bertz CT molecular complexity index is 1580. The first-order valence-corrected chi connectivity index (χ1v) is 11.8. The van der Waals surface area contributed by atoms with E-state index in [1.54, 1.807) is 36.4 Å². The maximum absolute atomic E-state index is 13.5. The number of halogens is 1. The van der Waals surface area contributed by atoms with Gasteiger partial charge in [0.2, 0.25) is 11.3 Å². The molecule has 0 bridgehead atoms. The summed E-state index contributed by atoms with van der Waals surface area (Å²) in [6.45, 7) is -0.220. The highest BCUT2D eigenvalue weighted by molar-refractivity contribution is 6.30. The zero-order valence-electron chi connectivity index (χ0n) is 21.2. The van der Waals surface area contributed by atoms with E-state index in [0.717, 1.165) is 0 Å². The predicted octanol–water partition coefficient (Wildman–Crippen LogP) is 4.56. The van der Waals surface area contributed by atoms with Crippen molar-refractivity contribution in [2.45, 2.75) is 6.54 Å². The van der Waals surface area contributed by atoms with Crippen LogP contribution < -0.4 is 29.7 Å². The largest absolute Gasteiger partial charge is 0.497 e. The van der Waals surface area contributed by atoms with Gasteiger partial charge in [0.15, 0.2) is 17.3 Å². The molecule has 1 aromatic heterocycles. The number of hydrogen-bond acceptors (Lipinski definition) is 7. The van der Waals surface area contributed by atoms with Gasteiger partial charge in [-0.25, -0.2) is 0 Å². The quantitative estimate of drug-likeness (QED) is 0.313. The SMILES string of the molecule is COc1ccc(NC(=O)Cn2cc(C(=O)c3ccc(Cl)cc3)c(=O)c3cc(OC)c(OC)cc32)c(OC)c1. The molecule has 4 aromatic rings. The molecule has 0 saturated carbocycles. The van der Waals surface area contributed by atoms with E-state index >= 15 is 0 Å². The highest BCUT2D eigenvalue weighted by Gasteiger charge is 2.21. The molecule has 9 nitrogen and oxygen atoms in total. The summed E-state index contributed by atoms with van der Waals surface area (Å²) in [5.74, 6) is 0.729. The third-order valence-electron chi connectivity index (χ3n) is 5.93. The molecule has 1 amide bonds. The van der Waals surface area contributed by atoms with Crippen LogP contribution in [-0.4, -0.2) is 44.7 Å². The standard InChI is InChI=1S/C28H25ClN2O7/c1-35-18-9-10-21(23(11-18)36-2)30-26(32)15-31-14-20(27(33)16-5-7-17(29)8-6-16)28(34)19-12-24(37-3)25(38-4)13-22(19)31/h5-14H,15H2,1-4H3,(H,30,32). The second-order valence-electron chi connectivity index (χ2n) is 8.17. The van der Waals surface area contributed by atoms with Gasteiger partial charge in [-0.05, 0) is 42.5 Å².